The van der Waals surface area contributed by atoms with E-state index in [0.29, 0.717) is 17.9 Å². The maximum atomic E-state index is 14.5. The van der Waals surface area contributed by atoms with Gasteiger partial charge >= 0.3 is 0 Å². The lowest BCUT2D eigenvalue weighted by Gasteiger charge is -2.34. The number of benzene rings is 4. The molecule has 46 heavy (non-hydrogen) atoms. The SMILES string of the molecule is COc1ccc(N(CC(=O)N(Cc2ccc(F)cc2)[C@@H](Cc2ccccc2)C(=O)NCC(C)C)S(=O)(=O)c2ccccc2)cc1Cl. The van der Waals surface area contributed by atoms with Crippen LogP contribution in [0.15, 0.2) is 108 Å². The molecule has 4 aromatic carbocycles. The van der Waals surface area contributed by atoms with E-state index in [1.165, 1.54) is 66.6 Å². The first kappa shape index (κ1) is 34.5. The first-order valence-corrected chi connectivity index (χ1v) is 16.6. The molecule has 0 aliphatic rings. The zero-order valence-corrected chi connectivity index (χ0v) is 27.5. The van der Waals surface area contributed by atoms with Crippen LogP contribution in [-0.4, -0.2) is 51.4 Å². The van der Waals surface area contributed by atoms with Crippen molar-refractivity contribution in [1.82, 2.24) is 10.2 Å². The fraction of sp³-hybridized carbons (Fsp3) is 0.257. The molecule has 0 aliphatic heterocycles. The molecule has 0 saturated carbocycles. The van der Waals surface area contributed by atoms with Crippen molar-refractivity contribution in [2.24, 2.45) is 5.92 Å². The Kier molecular flexibility index (Phi) is 11.8. The molecule has 0 bridgehead atoms. The van der Waals surface area contributed by atoms with Crippen molar-refractivity contribution in [2.75, 3.05) is 24.5 Å². The molecule has 0 unspecified atom stereocenters. The zero-order chi connectivity index (χ0) is 33.3. The van der Waals surface area contributed by atoms with Crippen LogP contribution in [0.5, 0.6) is 5.75 Å². The van der Waals surface area contributed by atoms with E-state index in [9.17, 15) is 22.4 Å². The Bertz CT molecular complexity index is 1720. The van der Waals surface area contributed by atoms with Gasteiger partial charge in [0.05, 0.1) is 22.7 Å². The summed E-state index contributed by atoms with van der Waals surface area (Å²) < 4.78 is 48.2. The lowest BCUT2D eigenvalue weighted by molar-refractivity contribution is -0.140. The number of halogens is 2. The summed E-state index contributed by atoms with van der Waals surface area (Å²) in [6.45, 7) is 3.57. The van der Waals surface area contributed by atoms with Crippen LogP contribution in [0.25, 0.3) is 0 Å². The van der Waals surface area contributed by atoms with Crippen molar-refractivity contribution in [3.8, 4) is 5.75 Å². The number of anilines is 1. The van der Waals surface area contributed by atoms with Gasteiger partial charge < -0.3 is 15.0 Å². The van der Waals surface area contributed by atoms with E-state index in [0.717, 1.165) is 9.87 Å². The fourth-order valence-electron chi connectivity index (χ4n) is 4.82. The Morgan fingerprint density at radius 3 is 2.11 bits per heavy atom. The molecule has 2 amide bonds. The smallest absolute Gasteiger partial charge is 0.264 e. The minimum Gasteiger partial charge on any atom is -0.495 e. The molecule has 1 atom stereocenters. The molecule has 0 aromatic heterocycles. The van der Waals surface area contributed by atoms with E-state index < -0.39 is 40.2 Å². The number of nitrogens with zero attached hydrogens (tertiary/aromatic N) is 2. The van der Waals surface area contributed by atoms with E-state index >= 15 is 0 Å². The quantitative estimate of drug-likeness (QED) is 0.176. The molecule has 242 valence electrons. The van der Waals surface area contributed by atoms with Crippen molar-refractivity contribution in [3.05, 3.63) is 125 Å². The van der Waals surface area contributed by atoms with Gasteiger partial charge in [0.1, 0.15) is 24.2 Å². The summed E-state index contributed by atoms with van der Waals surface area (Å²) in [7, 11) is -2.85. The van der Waals surface area contributed by atoms with E-state index in [1.807, 2.05) is 44.2 Å². The van der Waals surface area contributed by atoms with Crippen molar-refractivity contribution >= 4 is 39.1 Å². The average molecular weight is 666 g/mol. The standard InChI is InChI=1S/C35H37ClFN3O5S/c1-25(2)22-38-35(42)32(20-26-10-6-4-7-11-26)39(23-27-14-16-28(37)17-15-27)34(41)24-40(29-18-19-33(45-3)31(36)21-29)46(43,44)30-12-8-5-9-13-30/h4-19,21,25,32H,20,22-24H2,1-3H3,(H,38,42)/t32-/m0/s1. The molecular weight excluding hydrogens is 629 g/mol. The Balaban J connectivity index is 1.81. The van der Waals surface area contributed by atoms with Gasteiger partial charge in [-0.25, -0.2) is 12.8 Å². The van der Waals surface area contributed by atoms with E-state index in [1.54, 1.807) is 18.2 Å². The third-order valence-electron chi connectivity index (χ3n) is 7.26. The number of nitrogens with one attached hydrogen (secondary N) is 1. The van der Waals surface area contributed by atoms with Crippen LogP contribution in [-0.2, 0) is 32.6 Å². The van der Waals surface area contributed by atoms with Gasteiger partial charge in [0.25, 0.3) is 10.0 Å². The van der Waals surface area contributed by atoms with Crippen molar-refractivity contribution in [3.63, 3.8) is 0 Å². The number of hydrogen-bond donors (Lipinski definition) is 1. The molecule has 0 spiro atoms. The van der Waals surface area contributed by atoms with Crippen LogP contribution >= 0.6 is 11.6 Å². The molecule has 11 heteroatoms. The second-order valence-corrected chi connectivity index (χ2v) is 13.4. The number of carbonyl (C=O) groups excluding carboxylic acids is 2. The fourth-order valence-corrected chi connectivity index (χ4v) is 6.50. The molecule has 0 heterocycles. The predicted octanol–water partition coefficient (Wildman–Crippen LogP) is 6.10. The summed E-state index contributed by atoms with van der Waals surface area (Å²) in [6.07, 6.45) is 0.164. The number of methoxy groups -OCH3 is 1. The highest BCUT2D eigenvalue weighted by Crippen LogP contribution is 2.32. The Morgan fingerprint density at radius 1 is 0.891 bits per heavy atom. The number of rotatable bonds is 14. The Hall–Kier alpha value is -4.41. The van der Waals surface area contributed by atoms with Gasteiger partial charge in [0, 0.05) is 19.5 Å². The van der Waals surface area contributed by atoms with Crippen LogP contribution in [0.1, 0.15) is 25.0 Å². The average Bonchev–Trinajstić information content (AvgIpc) is 3.05. The van der Waals surface area contributed by atoms with Crippen molar-refractivity contribution < 1.29 is 27.1 Å². The minimum atomic E-state index is -4.29. The van der Waals surface area contributed by atoms with Crippen molar-refractivity contribution in [2.45, 2.75) is 37.8 Å². The van der Waals surface area contributed by atoms with Crippen LogP contribution in [0.2, 0.25) is 5.02 Å². The summed E-state index contributed by atoms with van der Waals surface area (Å²) in [5.41, 5.74) is 1.50. The van der Waals surface area contributed by atoms with Crippen LogP contribution in [0.3, 0.4) is 0 Å². The number of hydrogen-bond acceptors (Lipinski definition) is 5. The molecule has 0 saturated heterocycles. The number of carbonyl (C=O) groups is 2. The Labute approximate surface area is 274 Å². The molecule has 0 fully saturated rings. The predicted molar refractivity (Wildman–Crippen MR) is 178 cm³/mol. The van der Waals surface area contributed by atoms with Crippen LogP contribution in [0.4, 0.5) is 10.1 Å². The van der Waals surface area contributed by atoms with Gasteiger partial charge in [0.15, 0.2) is 0 Å². The largest absolute Gasteiger partial charge is 0.495 e. The number of ether oxygens (including phenoxy) is 1. The van der Waals surface area contributed by atoms with Crippen molar-refractivity contribution in [1.29, 1.82) is 0 Å². The summed E-state index contributed by atoms with van der Waals surface area (Å²) in [6, 6.07) is 26.0. The first-order valence-electron chi connectivity index (χ1n) is 14.8. The summed E-state index contributed by atoms with van der Waals surface area (Å²) in [5, 5.41) is 3.09. The van der Waals surface area contributed by atoms with Crippen LogP contribution < -0.4 is 14.4 Å². The monoisotopic (exact) mass is 665 g/mol. The summed E-state index contributed by atoms with van der Waals surface area (Å²) in [4.78, 5) is 29.6. The van der Waals surface area contributed by atoms with E-state index in [2.05, 4.69) is 5.32 Å². The van der Waals surface area contributed by atoms with Gasteiger partial charge in [-0.3, -0.25) is 13.9 Å². The van der Waals surface area contributed by atoms with E-state index in [4.69, 9.17) is 16.3 Å². The second kappa shape index (κ2) is 15.7. The lowest BCUT2D eigenvalue weighted by atomic mass is 10.0. The second-order valence-electron chi connectivity index (χ2n) is 11.1. The normalized spacial score (nSPS) is 12.0. The summed E-state index contributed by atoms with van der Waals surface area (Å²) in [5.74, 6) is -1.01. The molecule has 4 rings (SSSR count). The minimum absolute atomic E-state index is 0.0321. The summed E-state index contributed by atoms with van der Waals surface area (Å²) >= 11 is 6.41. The molecule has 4 aromatic rings. The topological polar surface area (TPSA) is 96.0 Å². The molecule has 8 nitrogen and oxygen atoms in total. The van der Waals surface area contributed by atoms with Gasteiger partial charge in [0.2, 0.25) is 11.8 Å². The maximum Gasteiger partial charge on any atom is 0.264 e. The zero-order valence-electron chi connectivity index (χ0n) is 25.9. The maximum absolute atomic E-state index is 14.5. The van der Waals surface area contributed by atoms with Gasteiger partial charge in [-0.2, -0.15) is 0 Å². The number of sulfonamides is 1. The van der Waals surface area contributed by atoms with Crippen LogP contribution in [0, 0.1) is 11.7 Å². The lowest BCUT2D eigenvalue weighted by Crippen LogP contribution is -2.53. The molecule has 1 N–H and O–H groups in total. The Morgan fingerprint density at radius 2 is 1.52 bits per heavy atom. The first-order chi connectivity index (χ1) is 22.0. The molecule has 0 radical (unpaired) electrons. The third kappa shape index (κ3) is 8.86. The van der Waals surface area contributed by atoms with E-state index in [-0.39, 0.29) is 34.5 Å². The van der Waals surface area contributed by atoms with Gasteiger partial charge in [-0.1, -0.05) is 86.1 Å². The highest BCUT2D eigenvalue weighted by Gasteiger charge is 2.35. The highest BCUT2D eigenvalue weighted by atomic mass is 35.5. The highest BCUT2D eigenvalue weighted by molar-refractivity contribution is 7.92. The molecular formula is C35H37ClFN3O5S. The number of amides is 2. The van der Waals surface area contributed by atoms with Gasteiger partial charge in [-0.05, 0) is 59.5 Å². The molecule has 0 aliphatic carbocycles. The van der Waals surface area contributed by atoms with Gasteiger partial charge in [-0.15, -0.1) is 0 Å². The third-order valence-corrected chi connectivity index (χ3v) is 9.34.